The number of benzene rings is 1. The fraction of sp³-hybridized carbons (Fsp3) is 0.611. The molecule has 2 rings (SSSR count). The van der Waals surface area contributed by atoms with E-state index in [0.717, 1.165) is 5.56 Å². The van der Waals surface area contributed by atoms with Crippen molar-refractivity contribution in [3.63, 3.8) is 0 Å². The molecule has 26 heavy (non-hydrogen) atoms. The molecule has 1 heterocycles. The minimum Gasteiger partial charge on any atom is -0.493 e. The van der Waals surface area contributed by atoms with Gasteiger partial charge in [0.2, 0.25) is 15.9 Å². The Kier molecular flexibility index (Phi) is 6.88. The van der Waals surface area contributed by atoms with Crippen LogP contribution in [0.2, 0.25) is 0 Å². The van der Waals surface area contributed by atoms with Gasteiger partial charge in [0, 0.05) is 19.0 Å². The Bertz CT molecular complexity index is 727. The van der Waals surface area contributed by atoms with Crippen molar-refractivity contribution in [3.05, 3.63) is 23.8 Å². The number of rotatable bonds is 7. The lowest BCUT2D eigenvalue weighted by Crippen LogP contribution is -2.43. The molecule has 1 saturated heterocycles. The number of ether oxygens (including phenoxy) is 2. The molecule has 1 aliphatic rings. The van der Waals surface area contributed by atoms with Gasteiger partial charge in [-0.3, -0.25) is 4.79 Å². The van der Waals surface area contributed by atoms with Crippen molar-refractivity contribution in [2.75, 3.05) is 33.1 Å². The predicted molar refractivity (Wildman–Crippen MR) is 99.9 cm³/mol. The maximum Gasteiger partial charge on any atom is 0.223 e. The molecule has 1 unspecified atom stereocenters. The first-order chi connectivity index (χ1) is 12.3. The van der Waals surface area contributed by atoms with E-state index in [1.54, 1.807) is 21.1 Å². The third-order valence-electron chi connectivity index (χ3n) is 4.85. The number of hydrogen-bond acceptors (Lipinski definition) is 5. The smallest absolute Gasteiger partial charge is 0.223 e. The number of sulfonamides is 1. The molecule has 1 aromatic carbocycles. The molecule has 1 aliphatic heterocycles. The summed E-state index contributed by atoms with van der Waals surface area (Å²) in [6.45, 7) is 4.35. The van der Waals surface area contributed by atoms with E-state index < -0.39 is 10.0 Å². The molecule has 1 N–H and O–H groups in total. The minimum absolute atomic E-state index is 0.0409. The van der Waals surface area contributed by atoms with Crippen LogP contribution in [0.15, 0.2) is 18.2 Å². The normalized spacial score (nSPS) is 17.5. The van der Waals surface area contributed by atoms with Crippen molar-refractivity contribution < 1.29 is 22.7 Å². The first-order valence-corrected chi connectivity index (χ1v) is 10.4. The number of carbonyl (C=O) groups is 1. The molecule has 7 nitrogen and oxygen atoms in total. The summed E-state index contributed by atoms with van der Waals surface area (Å²) in [7, 11) is -0.0252. The second kappa shape index (κ2) is 8.73. The van der Waals surface area contributed by atoms with Gasteiger partial charge in [0.05, 0.1) is 26.0 Å². The fourth-order valence-electron chi connectivity index (χ4n) is 3.12. The van der Waals surface area contributed by atoms with Gasteiger partial charge >= 0.3 is 0 Å². The lowest BCUT2D eigenvalue weighted by molar-refractivity contribution is -0.126. The second-order valence-electron chi connectivity index (χ2n) is 6.42. The summed E-state index contributed by atoms with van der Waals surface area (Å²) in [4.78, 5) is 12.6. The van der Waals surface area contributed by atoms with Crippen LogP contribution in [0.1, 0.15) is 38.3 Å². The van der Waals surface area contributed by atoms with Gasteiger partial charge in [-0.1, -0.05) is 6.07 Å². The lowest BCUT2D eigenvalue weighted by Gasteiger charge is -2.31. The second-order valence-corrected chi connectivity index (χ2v) is 8.68. The third-order valence-corrected chi connectivity index (χ3v) is 6.73. The van der Waals surface area contributed by atoms with Gasteiger partial charge in [0.1, 0.15) is 0 Å². The summed E-state index contributed by atoms with van der Waals surface area (Å²) in [5.41, 5.74) is 0.919. The third kappa shape index (κ3) is 4.67. The fourth-order valence-corrected chi connectivity index (χ4v) is 4.25. The SMILES string of the molecule is CCS(=O)(=O)N1CCC(C(=O)NC(C)c2ccc(OC)c(OC)c2)CC1. The van der Waals surface area contributed by atoms with Crippen LogP contribution in [0.4, 0.5) is 0 Å². The first-order valence-electron chi connectivity index (χ1n) is 8.82. The Morgan fingerprint density at radius 2 is 1.85 bits per heavy atom. The van der Waals surface area contributed by atoms with E-state index in [-0.39, 0.29) is 23.6 Å². The highest BCUT2D eigenvalue weighted by atomic mass is 32.2. The number of carbonyl (C=O) groups excluding carboxylic acids is 1. The van der Waals surface area contributed by atoms with E-state index in [1.165, 1.54) is 4.31 Å². The van der Waals surface area contributed by atoms with Crippen LogP contribution in [0, 0.1) is 5.92 Å². The largest absolute Gasteiger partial charge is 0.493 e. The predicted octanol–water partition coefficient (Wildman–Crippen LogP) is 1.94. The van der Waals surface area contributed by atoms with Crippen molar-refractivity contribution >= 4 is 15.9 Å². The molecular formula is C18H28N2O5S. The van der Waals surface area contributed by atoms with Crippen LogP contribution in [-0.4, -0.2) is 51.7 Å². The van der Waals surface area contributed by atoms with Crippen LogP contribution < -0.4 is 14.8 Å². The topological polar surface area (TPSA) is 84.9 Å². The molecule has 0 spiro atoms. The standard InChI is InChI=1S/C18H28N2O5S/c1-5-26(22,23)20-10-8-14(9-11-20)18(21)19-13(2)15-6-7-16(24-3)17(12-15)25-4/h6-7,12-14H,5,8-11H2,1-4H3,(H,19,21). The van der Waals surface area contributed by atoms with E-state index in [9.17, 15) is 13.2 Å². The van der Waals surface area contributed by atoms with E-state index in [4.69, 9.17) is 9.47 Å². The monoisotopic (exact) mass is 384 g/mol. The van der Waals surface area contributed by atoms with E-state index in [2.05, 4.69) is 5.32 Å². The molecular weight excluding hydrogens is 356 g/mol. The average molecular weight is 384 g/mol. The zero-order chi connectivity index (χ0) is 19.3. The van der Waals surface area contributed by atoms with Crippen molar-refractivity contribution in [1.29, 1.82) is 0 Å². The van der Waals surface area contributed by atoms with Gasteiger partial charge in [-0.2, -0.15) is 0 Å². The van der Waals surface area contributed by atoms with Gasteiger partial charge in [-0.05, 0) is 44.4 Å². The number of hydrogen-bond donors (Lipinski definition) is 1. The van der Waals surface area contributed by atoms with Crippen LogP contribution in [0.3, 0.4) is 0 Å². The zero-order valence-electron chi connectivity index (χ0n) is 15.8. The van der Waals surface area contributed by atoms with Crippen LogP contribution in [0.25, 0.3) is 0 Å². The Balaban J connectivity index is 1.96. The Labute approximate surface area is 155 Å². The van der Waals surface area contributed by atoms with Gasteiger partial charge < -0.3 is 14.8 Å². The van der Waals surface area contributed by atoms with Gasteiger partial charge in [-0.15, -0.1) is 0 Å². The highest BCUT2D eigenvalue weighted by molar-refractivity contribution is 7.89. The lowest BCUT2D eigenvalue weighted by atomic mass is 9.96. The Morgan fingerprint density at radius 3 is 2.38 bits per heavy atom. The van der Waals surface area contributed by atoms with Gasteiger partial charge in [0.25, 0.3) is 0 Å². The van der Waals surface area contributed by atoms with Crippen molar-refractivity contribution in [2.45, 2.75) is 32.7 Å². The van der Waals surface area contributed by atoms with E-state index in [0.29, 0.717) is 37.4 Å². The molecule has 1 amide bonds. The highest BCUT2D eigenvalue weighted by Gasteiger charge is 2.30. The average Bonchev–Trinajstić information content (AvgIpc) is 2.67. The van der Waals surface area contributed by atoms with Crippen LogP contribution in [-0.2, 0) is 14.8 Å². The van der Waals surface area contributed by atoms with Gasteiger partial charge in [0.15, 0.2) is 11.5 Å². The number of methoxy groups -OCH3 is 2. The first kappa shape index (κ1) is 20.5. The molecule has 0 saturated carbocycles. The summed E-state index contributed by atoms with van der Waals surface area (Å²) in [6, 6.07) is 5.37. The van der Waals surface area contributed by atoms with Gasteiger partial charge in [-0.25, -0.2) is 12.7 Å². The molecule has 0 bridgehead atoms. The molecule has 146 valence electrons. The van der Waals surface area contributed by atoms with Crippen molar-refractivity contribution in [1.82, 2.24) is 9.62 Å². The summed E-state index contributed by atoms with van der Waals surface area (Å²) < 4.78 is 35.8. The highest BCUT2D eigenvalue weighted by Crippen LogP contribution is 2.30. The quantitative estimate of drug-likeness (QED) is 0.777. The maximum absolute atomic E-state index is 12.6. The summed E-state index contributed by atoms with van der Waals surface area (Å²) in [5, 5.41) is 3.02. The number of piperidine rings is 1. The summed E-state index contributed by atoms with van der Waals surface area (Å²) >= 11 is 0. The summed E-state index contributed by atoms with van der Waals surface area (Å²) in [6.07, 6.45) is 1.09. The Hall–Kier alpha value is -1.80. The van der Waals surface area contributed by atoms with E-state index in [1.807, 2.05) is 25.1 Å². The van der Waals surface area contributed by atoms with Crippen LogP contribution >= 0.6 is 0 Å². The van der Waals surface area contributed by atoms with Crippen molar-refractivity contribution in [2.24, 2.45) is 5.92 Å². The molecule has 8 heteroatoms. The molecule has 1 aromatic rings. The molecule has 1 atom stereocenters. The zero-order valence-corrected chi connectivity index (χ0v) is 16.6. The van der Waals surface area contributed by atoms with Crippen LogP contribution in [0.5, 0.6) is 11.5 Å². The molecule has 0 radical (unpaired) electrons. The van der Waals surface area contributed by atoms with Crippen molar-refractivity contribution in [3.8, 4) is 11.5 Å². The maximum atomic E-state index is 12.6. The number of nitrogens with one attached hydrogen (secondary N) is 1. The molecule has 0 aromatic heterocycles. The summed E-state index contributed by atoms with van der Waals surface area (Å²) in [5.74, 6) is 1.14. The molecule has 1 fully saturated rings. The van der Waals surface area contributed by atoms with E-state index >= 15 is 0 Å². The number of amides is 1. The minimum atomic E-state index is -3.17. The Morgan fingerprint density at radius 1 is 1.23 bits per heavy atom. The molecule has 0 aliphatic carbocycles. The number of nitrogens with zero attached hydrogens (tertiary/aromatic N) is 1.